The molecule has 138 valence electrons. The number of nitrogens with zero attached hydrogens (tertiary/aromatic N) is 1. The third-order valence-corrected chi connectivity index (χ3v) is 3.38. The van der Waals surface area contributed by atoms with Crippen molar-refractivity contribution >= 4 is 23.2 Å². The molecular formula is C17H13F5N2O2. The van der Waals surface area contributed by atoms with Crippen LogP contribution in [0.4, 0.5) is 33.3 Å². The van der Waals surface area contributed by atoms with Gasteiger partial charge in [-0.15, -0.1) is 0 Å². The highest BCUT2D eigenvalue weighted by Crippen LogP contribution is 2.29. The minimum absolute atomic E-state index is 0.0751. The maximum Gasteiger partial charge on any atom is 0.416 e. The molecule has 0 bridgehead atoms. The fourth-order valence-electron chi connectivity index (χ4n) is 2.15. The maximum absolute atomic E-state index is 13.8. The molecule has 26 heavy (non-hydrogen) atoms. The van der Waals surface area contributed by atoms with Gasteiger partial charge in [0.15, 0.2) is 0 Å². The number of hydrogen-bond donors (Lipinski definition) is 1. The molecule has 2 amide bonds. The first kappa shape index (κ1) is 19.4. The van der Waals surface area contributed by atoms with Crippen LogP contribution < -0.4 is 10.2 Å². The van der Waals surface area contributed by atoms with E-state index in [-0.39, 0.29) is 11.4 Å². The molecule has 0 spiro atoms. The fourth-order valence-corrected chi connectivity index (χ4v) is 2.15. The zero-order chi connectivity index (χ0) is 19.5. The number of anilines is 2. The van der Waals surface area contributed by atoms with Crippen LogP contribution in [0.15, 0.2) is 42.5 Å². The lowest BCUT2D eigenvalue weighted by Gasteiger charge is -2.21. The van der Waals surface area contributed by atoms with Crippen LogP contribution in [0.2, 0.25) is 0 Å². The van der Waals surface area contributed by atoms with E-state index >= 15 is 0 Å². The minimum Gasteiger partial charge on any atom is -0.325 e. The molecule has 2 rings (SSSR count). The molecule has 0 heterocycles. The molecule has 2 aromatic rings. The van der Waals surface area contributed by atoms with Crippen molar-refractivity contribution in [2.75, 3.05) is 16.8 Å². The van der Waals surface area contributed by atoms with Gasteiger partial charge in [0.2, 0.25) is 11.8 Å². The van der Waals surface area contributed by atoms with Crippen LogP contribution in [0.25, 0.3) is 0 Å². The highest BCUT2D eigenvalue weighted by Gasteiger charge is 2.30. The van der Waals surface area contributed by atoms with E-state index in [1.54, 1.807) is 0 Å². The lowest BCUT2D eigenvalue weighted by atomic mass is 10.2. The van der Waals surface area contributed by atoms with Gasteiger partial charge in [-0.2, -0.15) is 13.2 Å². The summed E-state index contributed by atoms with van der Waals surface area (Å²) in [5.74, 6) is -3.30. The van der Waals surface area contributed by atoms with Gasteiger partial charge in [0.05, 0.1) is 11.3 Å². The molecule has 0 unspecified atom stereocenters. The lowest BCUT2D eigenvalue weighted by molar-refractivity contribution is -0.137. The first-order chi connectivity index (χ1) is 12.1. The summed E-state index contributed by atoms with van der Waals surface area (Å²) in [6, 6.07) is 6.20. The number of carbonyl (C=O) groups is 2. The van der Waals surface area contributed by atoms with Gasteiger partial charge in [-0.1, -0.05) is 0 Å². The summed E-state index contributed by atoms with van der Waals surface area (Å²) in [7, 11) is 0. The van der Waals surface area contributed by atoms with E-state index in [0.717, 1.165) is 48.2 Å². The molecule has 0 saturated heterocycles. The highest BCUT2D eigenvalue weighted by molar-refractivity contribution is 6.01. The topological polar surface area (TPSA) is 49.4 Å². The van der Waals surface area contributed by atoms with Crippen LogP contribution >= 0.6 is 0 Å². The Labute approximate surface area is 145 Å². The third kappa shape index (κ3) is 4.78. The summed E-state index contributed by atoms with van der Waals surface area (Å²) in [4.78, 5) is 24.5. The zero-order valence-corrected chi connectivity index (χ0v) is 13.4. The molecule has 2 aromatic carbocycles. The molecule has 0 fully saturated rings. The Morgan fingerprint density at radius 1 is 1.04 bits per heavy atom. The molecule has 1 N–H and O–H groups in total. The fraction of sp³-hybridized carbons (Fsp3) is 0.176. The van der Waals surface area contributed by atoms with Crippen LogP contribution in [0.1, 0.15) is 12.5 Å². The van der Waals surface area contributed by atoms with Crippen LogP contribution in [-0.2, 0) is 15.8 Å². The Morgan fingerprint density at radius 3 is 2.15 bits per heavy atom. The summed E-state index contributed by atoms with van der Waals surface area (Å²) >= 11 is 0. The van der Waals surface area contributed by atoms with Crippen LogP contribution in [-0.4, -0.2) is 18.4 Å². The maximum atomic E-state index is 13.8. The molecule has 0 aliphatic carbocycles. The van der Waals surface area contributed by atoms with Gasteiger partial charge in [0, 0.05) is 18.7 Å². The van der Waals surface area contributed by atoms with Gasteiger partial charge in [0.25, 0.3) is 0 Å². The second-order valence-electron chi connectivity index (χ2n) is 5.32. The number of alkyl halides is 3. The second kappa shape index (κ2) is 7.51. The molecule has 0 aromatic heterocycles. The van der Waals surface area contributed by atoms with Crippen molar-refractivity contribution in [3.05, 3.63) is 59.7 Å². The van der Waals surface area contributed by atoms with Crippen molar-refractivity contribution in [3.63, 3.8) is 0 Å². The number of hydrogen-bond acceptors (Lipinski definition) is 2. The largest absolute Gasteiger partial charge is 0.416 e. The first-order valence-electron chi connectivity index (χ1n) is 7.28. The molecule has 0 saturated carbocycles. The highest BCUT2D eigenvalue weighted by atomic mass is 19.4. The Hall–Kier alpha value is -2.97. The first-order valence-corrected chi connectivity index (χ1v) is 7.28. The normalized spacial score (nSPS) is 11.2. The van der Waals surface area contributed by atoms with Gasteiger partial charge < -0.3 is 10.2 Å². The summed E-state index contributed by atoms with van der Waals surface area (Å²) in [5.41, 5.74) is -1.10. The van der Waals surface area contributed by atoms with E-state index in [2.05, 4.69) is 5.32 Å². The number of carbonyl (C=O) groups excluding carboxylic acids is 2. The van der Waals surface area contributed by atoms with Gasteiger partial charge in [0.1, 0.15) is 18.2 Å². The van der Waals surface area contributed by atoms with Gasteiger partial charge in [-0.05, 0) is 36.4 Å². The molecule has 0 aliphatic rings. The Balaban J connectivity index is 2.12. The van der Waals surface area contributed by atoms with Crippen molar-refractivity contribution in [3.8, 4) is 0 Å². The molecule has 0 radical (unpaired) electrons. The summed E-state index contributed by atoms with van der Waals surface area (Å²) in [5, 5.41) is 2.31. The van der Waals surface area contributed by atoms with E-state index in [0.29, 0.717) is 6.07 Å². The third-order valence-electron chi connectivity index (χ3n) is 3.38. The van der Waals surface area contributed by atoms with Crippen molar-refractivity contribution in [1.82, 2.24) is 0 Å². The van der Waals surface area contributed by atoms with Gasteiger partial charge in [-0.25, -0.2) is 8.78 Å². The molecule has 0 atom stereocenters. The van der Waals surface area contributed by atoms with Crippen molar-refractivity contribution in [2.24, 2.45) is 0 Å². The van der Waals surface area contributed by atoms with Gasteiger partial charge in [-0.3, -0.25) is 9.59 Å². The van der Waals surface area contributed by atoms with E-state index < -0.39 is 41.7 Å². The van der Waals surface area contributed by atoms with Crippen molar-refractivity contribution in [2.45, 2.75) is 13.1 Å². The average molecular weight is 372 g/mol. The van der Waals surface area contributed by atoms with Crippen molar-refractivity contribution < 1.29 is 31.5 Å². The van der Waals surface area contributed by atoms with E-state index in [9.17, 15) is 31.5 Å². The van der Waals surface area contributed by atoms with E-state index in [1.807, 2.05) is 0 Å². The van der Waals surface area contributed by atoms with Crippen LogP contribution in [0.5, 0.6) is 0 Å². The molecule has 4 nitrogen and oxygen atoms in total. The summed E-state index contributed by atoms with van der Waals surface area (Å²) in [6.07, 6.45) is -4.51. The number of rotatable bonds is 4. The zero-order valence-electron chi connectivity index (χ0n) is 13.4. The number of nitrogens with one attached hydrogen (secondary N) is 1. The quantitative estimate of drug-likeness (QED) is 0.826. The number of amides is 2. The Bertz CT molecular complexity index is 819. The van der Waals surface area contributed by atoms with Crippen molar-refractivity contribution in [1.29, 1.82) is 0 Å². The van der Waals surface area contributed by atoms with Crippen LogP contribution in [0, 0.1) is 11.6 Å². The molecule has 0 aliphatic heterocycles. The smallest absolute Gasteiger partial charge is 0.325 e. The van der Waals surface area contributed by atoms with E-state index in [4.69, 9.17) is 0 Å². The average Bonchev–Trinajstić information content (AvgIpc) is 2.52. The van der Waals surface area contributed by atoms with E-state index in [1.165, 1.54) is 0 Å². The Kier molecular flexibility index (Phi) is 5.59. The minimum atomic E-state index is -4.51. The van der Waals surface area contributed by atoms with Crippen LogP contribution in [0.3, 0.4) is 0 Å². The van der Waals surface area contributed by atoms with Gasteiger partial charge >= 0.3 is 6.18 Å². The lowest BCUT2D eigenvalue weighted by Crippen LogP contribution is -2.37. The number of halogens is 5. The predicted molar refractivity (Wildman–Crippen MR) is 84.5 cm³/mol. The molecule has 9 heteroatoms. The Morgan fingerprint density at radius 2 is 1.65 bits per heavy atom. The second-order valence-corrected chi connectivity index (χ2v) is 5.32. The monoisotopic (exact) mass is 372 g/mol. The summed E-state index contributed by atoms with van der Waals surface area (Å²) < 4.78 is 64.3. The number of benzene rings is 2. The summed E-state index contributed by atoms with van der Waals surface area (Å²) in [6.45, 7) is 0.493. The standard InChI is InChI=1S/C17H13F5N2O2/c1-10(25)24(15-7-4-12(18)8-14(15)19)9-16(26)23-13-5-2-11(3-6-13)17(20,21)22/h2-8H,9H2,1H3,(H,23,26). The SMILES string of the molecule is CC(=O)N(CC(=O)Nc1ccc(C(F)(F)F)cc1)c1ccc(F)cc1F. The predicted octanol–water partition coefficient (Wildman–Crippen LogP) is 3.98. The molecular weight excluding hydrogens is 359 g/mol.